The zero-order valence-corrected chi connectivity index (χ0v) is 10.6. The highest BCUT2D eigenvalue weighted by atomic mass is 16.5. The van der Waals surface area contributed by atoms with Crippen LogP contribution in [-0.4, -0.2) is 47.7 Å². The summed E-state index contributed by atoms with van der Waals surface area (Å²) in [5.74, 6) is 0. The largest absolute Gasteiger partial charge is 0.394 e. The second-order valence-corrected chi connectivity index (χ2v) is 5.69. The molecule has 1 aliphatic carbocycles. The molecule has 1 heterocycles. The first-order chi connectivity index (χ1) is 8.18. The molecule has 0 radical (unpaired) electrons. The molecule has 1 saturated carbocycles. The van der Waals surface area contributed by atoms with E-state index in [4.69, 9.17) is 4.74 Å². The summed E-state index contributed by atoms with van der Waals surface area (Å²) in [4.78, 5) is 0. The molecule has 4 heteroatoms. The molecule has 3 N–H and O–H groups in total. The minimum absolute atomic E-state index is 0.131. The average Bonchev–Trinajstić information content (AvgIpc) is 2.39. The highest BCUT2D eigenvalue weighted by molar-refractivity contribution is 4.94. The number of nitrogens with one attached hydrogen (secondary N) is 1. The van der Waals surface area contributed by atoms with Crippen molar-refractivity contribution in [1.82, 2.24) is 5.32 Å². The van der Waals surface area contributed by atoms with Crippen LogP contribution in [-0.2, 0) is 4.74 Å². The molecule has 0 aromatic heterocycles. The van der Waals surface area contributed by atoms with E-state index in [-0.39, 0.29) is 12.1 Å². The predicted molar refractivity (Wildman–Crippen MR) is 65.9 cm³/mol. The molecule has 4 nitrogen and oxygen atoms in total. The monoisotopic (exact) mass is 243 g/mol. The predicted octanol–water partition coefficient (Wildman–Crippen LogP) is 0.813. The summed E-state index contributed by atoms with van der Waals surface area (Å²) in [6.45, 7) is 2.14. The molecule has 2 aliphatic rings. The third kappa shape index (κ3) is 3.41. The van der Waals surface area contributed by atoms with Crippen LogP contribution < -0.4 is 5.32 Å². The first-order valence-electron chi connectivity index (χ1n) is 6.84. The number of hydrogen-bond acceptors (Lipinski definition) is 4. The summed E-state index contributed by atoms with van der Waals surface area (Å²) in [7, 11) is 0. The number of aliphatic hydroxyl groups is 2. The van der Waals surface area contributed by atoms with Gasteiger partial charge in [-0.3, -0.25) is 0 Å². The maximum atomic E-state index is 10.4. The number of aliphatic hydroxyl groups excluding tert-OH is 1. The number of hydrogen-bond donors (Lipinski definition) is 3. The maximum absolute atomic E-state index is 10.4. The fourth-order valence-corrected chi connectivity index (χ4v) is 2.89. The van der Waals surface area contributed by atoms with Crippen molar-refractivity contribution in [2.45, 2.75) is 56.1 Å². The molecular weight excluding hydrogens is 218 g/mol. The van der Waals surface area contributed by atoms with E-state index in [1.54, 1.807) is 0 Å². The lowest BCUT2D eigenvalue weighted by Gasteiger charge is -2.41. The molecule has 0 aromatic rings. The molecule has 0 spiro atoms. The van der Waals surface area contributed by atoms with E-state index < -0.39 is 5.60 Å². The van der Waals surface area contributed by atoms with Crippen molar-refractivity contribution in [3.8, 4) is 0 Å². The van der Waals surface area contributed by atoms with Crippen LogP contribution >= 0.6 is 0 Å². The zero-order chi connectivity index (χ0) is 12.2. The summed E-state index contributed by atoms with van der Waals surface area (Å²) >= 11 is 0. The molecule has 1 aliphatic heterocycles. The van der Waals surface area contributed by atoms with Gasteiger partial charge in [0.2, 0.25) is 0 Å². The van der Waals surface area contributed by atoms with Gasteiger partial charge in [0.25, 0.3) is 0 Å². The van der Waals surface area contributed by atoms with E-state index in [0.717, 1.165) is 38.5 Å². The number of β-amino-alcohol motifs (C(OH)–C–C–N with tert-alkyl or cyclic N) is 1. The van der Waals surface area contributed by atoms with E-state index in [9.17, 15) is 10.2 Å². The molecule has 17 heavy (non-hydrogen) atoms. The van der Waals surface area contributed by atoms with Gasteiger partial charge in [-0.1, -0.05) is 19.3 Å². The van der Waals surface area contributed by atoms with Gasteiger partial charge in [-0.15, -0.1) is 0 Å². The van der Waals surface area contributed by atoms with Crippen LogP contribution in [0.3, 0.4) is 0 Å². The van der Waals surface area contributed by atoms with Crippen LogP contribution in [0.4, 0.5) is 0 Å². The lowest BCUT2D eigenvalue weighted by atomic mass is 9.83. The van der Waals surface area contributed by atoms with E-state index in [0.29, 0.717) is 19.8 Å². The standard InChI is InChI=1S/C13H25NO3/c15-11-12(6-8-17-9-7-12)14-10-13(16)4-2-1-3-5-13/h14-16H,1-11H2. The Morgan fingerprint density at radius 1 is 1.00 bits per heavy atom. The molecule has 2 fully saturated rings. The fraction of sp³-hybridized carbons (Fsp3) is 1.00. The van der Waals surface area contributed by atoms with Gasteiger partial charge in [-0.25, -0.2) is 0 Å². The highest BCUT2D eigenvalue weighted by Crippen LogP contribution is 2.29. The second kappa shape index (κ2) is 5.65. The molecule has 2 rings (SSSR count). The highest BCUT2D eigenvalue weighted by Gasteiger charge is 2.36. The fourth-order valence-electron chi connectivity index (χ4n) is 2.89. The Balaban J connectivity index is 1.86. The molecule has 0 unspecified atom stereocenters. The summed E-state index contributed by atoms with van der Waals surface area (Å²) in [6.07, 6.45) is 6.91. The molecule has 0 bridgehead atoms. The van der Waals surface area contributed by atoms with Crippen molar-refractivity contribution in [2.24, 2.45) is 0 Å². The Morgan fingerprint density at radius 2 is 1.65 bits per heavy atom. The molecule has 1 saturated heterocycles. The van der Waals surface area contributed by atoms with Crippen molar-refractivity contribution < 1.29 is 14.9 Å². The minimum atomic E-state index is -0.557. The lowest BCUT2D eigenvalue weighted by molar-refractivity contribution is -0.0279. The average molecular weight is 243 g/mol. The van der Waals surface area contributed by atoms with E-state index >= 15 is 0 Å². The third-order valence-corrected chi connectivity index (χ3v) is 4.33. The summed E-state index contributed by atoms with van der Waals surface area (Å²) < 4.78 is 5.33. The van der Waals surface area contributed by atoms with Crippen molar-refractivity contribution in [1.29, 1.82) is 0 Å². The topological polar surface area (TPSA) is 61.7 Å². The van der Waals surface area contributed by atoms with Gasteiger partial charge in [-0.2, -0.15) is 0 Å². The summed E-state index contributed by atoms with van der Waals surface area (Å²) in [6, 6.07) is 0. The van der Waals surface area contributed by atoms with E-state index in [2.05, 4.69) is 5.32 Å². The van der Waals surface area contributed by atoms with Gasteiger partial charge in [0, 0.05) is 25.3 Å². The summed E-state index contributed by atoms with van der Waals surface area (Å²) in [5, 5.41) is 23.4. The van der Waals surface area contributed by atoms with Gasteiger partial charge < -0.3 is 20.3 Å². The van der Waals surface area contributed by atoms with Gasteiger partial charge in [0.05, 0.1) is 12.2 Å². The van der Waals surface area contributed by atoms with Crippen LogP contribution in [0.1, 0.15) is 44.9 Å². The van der Waals surface area contributed by atoms with Crippen LogP contribution in [0.15, 0.2) is 0 Å². The van der Waals surface area contributed by atoms with Gasteiger partial charge in [-0.05, 0) is 25.7 Å². The molecule has 0 amide bonds. The Bertz CT molecular complexity index is 233. The molecule has 0 aromatic carbocycles. The Hall–Kier alpha value is -0.160. The Morgan fingerprint density at radius 3 is 2.24 bits per heavy atom. The normalized spacial score (nSPS) is 27.9. The molecule has 0 atom stereocenters. The van der Waals surface area contributed by atoms with Gasteiger partial charge in [0.15, 0.2) is 0 Å². The first-order valence-corrected chi connectivity index (χ1v) is 6.84. The zero-order valence-electron chi connectivity index (χ0n) is 10.6. The van der Waals surface area contributed by atoms with Crippen molar-refractivity contribution in [2.75, 3.05) is 26.4 Å². The van der Waals surface area contributed by atoms with Gasteiger partial charge >= 0.3 is 0 Å². The second-order valence-electron chi connectivity index (χ2n) is 5.69. The van der Waals surface area contributed by atoms with Crippen molar-refractivity contribution in [3.63, 3.8) is 0 Å². The molecule has 100 valence electrons. The van der Waals surface area contributed by atoms with Crippen LogP contribution in [0.25, 0.3) is 0 Å². The lowest BCUT2D eigenvalue weighted by Crippen LogP contribution is -2.57. The first kappa shape index (κ1) is 13.3. The van der Waals surface area contributed by atoms with E-state index in [1.165, 1.54) is 6.42 Å². The number of rotatable bonds is 4. The quantitative estimate of drug-likeness (QED) is 0.684. The van der Waals surface area contributed by atoms with Crippen molar-refractivity contribution in [3.05, 3.63) is 0 Å². The Labute approximate surface area is 103 Å². The third-order valence-electron chi connectivity index (χ3n) is 4.33. The van der Waals surface area contributed by atoms with Gasteiger partial charge in [0.1, 0.15) is 0 Å². The number of ether oxygens (including phenoxy) is 1. The van der Waals surface area contributed by atoms with E-state index in [1.807, 2.05) is 0 Å². The SMILES string of the molecule is OCC1(NCC2(O)CCCCC2)CCOCC1. The van der Waals surface area contributed by atoms with Crippen LogP contribution in [0.5, 0.6) is 0 Å². The van der Waals surface area contributed by atoms with Crippen LogP contribution in [0, 0.1) is 0 Å². The van der Waals surface area contributed by atoms with Crippen LogP contribution in [0.2, 0.25) is 0 Å². The summed E-state index contributed by atoms with van der Waals surface area (Å²) in [5.41, 5.74) is -0.788. The minimum Gasteiger partial charge on any atom is -0.394 e. The maximum Gasteiger partial charge on any atom is 0.0771 e. The van der Waals surface area contributed by atoms with Crippen molar-refractivity contribution >= 4 is 0 Å². The smallest absolute Gasteiger partial charge is 0.0771 e. The molecular formula is C13H25NO3. The Kier molecular flexibility index (Phi) is 4.42.